The number of methoxy groups -OCH3 is 1. The average molecular weight is 277 g/mol. The summed E-state index contributed by atoms with van der Waals surface area (Å²) in [5, 5.41) is 1.38. The molecule has 3 nitrogen and oxygen atoms in total. The number of pyridine rings is 1. The van der Waals surface area contributed by atoms with Gasteiger partial charge in [0.1, 0.15) is 15.9 Å². The summed E-state index contributed by atoms with van der Waals surface area (Å²) in [6.07, 6.45) is 1.66. The summed E-state index contributed by atoms with van der Waals surface area (Å²) in [5.41, 5.74) is 1.83. The monoisotopic (exact) mass is 276 g/mol. The van der Waals surface area contributed by atoms with E-state index in [1.54, 1.807) is 13.3 Å². The van der Waals surface area contributed by atoms with Gasteiger partial charge in [-0.2, -0.15) is 0 Å². The van der Waals surface area contributed by atoms with E-state index in [9.17, 15) is 0 Å². The van der Waals surface area contributed by atoms with E-state index in [-0.39, 0.29) is 0 Å². The molecule has 1 aromatic carbocycles. The Morgan fingerprint density at radius 3 is 2.83 bits per heavy atom. The Kier molecular flexibility index (Phi) is 2.89. The van der Waals surface area contributed by atoms with Crippen LogP contribution in [0.4, 0.5) is 0 Å². The number of nitrogens with zero attached hydrogens (tertiary/aromatic N) is 2. The zero-order chi connectivity index (χ0) is 12.5. The first-order valence-electron chi connectivity index (χ1n) is 5.34. The molecule has 0 amide bonds. The van der Waals surface area contributed by atoms with Crippen LogP contribution in [0.15, 0.2) is 36.5 Å². The number of rotatable bonds is 2. The van der Waals surface area contributed by atoms with Crippen molar-refractivity contribution in [2.75, 3.05) is 7.11 Å². The van der Waals surface area contributed by atoms with Crippen LogP contribution in [0.5, 0.6) is 5.75 Å². The van der Waals surface area contributed by atoms with Gasteiger partial charge < -0.3 is 4.74 Å². The minimum absolute atomic E-state index is 0.492. The smallest absolute Gasteiger partial charge is 0.148 e. The summed E-state index contributed by atoms with van der Waals surface area (Å²) in [6, 6.07) is 9.66. The summed E-state index contributed by atoms with van der Waals surface area (Å²) in [5.74, 6) is 0.806. The van der Waals surface area contributed by atoms with Crippen LogP contribution in [0.1, 0.15) is 0 Å². The standard InChI is InChI=1S/C13H9ClN2OS/c1-17-10-5-3-2-4-8(10)13-16-9-6-7-15-12(14)11(9)18-13/h2-7H,1H3. The highest BCUT2D eigenvalue weighted by molar-refractivity contribution is 7.22. The summed E-state index contributed by atoms with van der Waals surface area (Å²) >= 11 is 7.58. The van der Waals surface area contributed by atoms with Crippen LogP contribution in [0.25, 0.3) is 20.8 Å². The van der Waals surface area contributed by atoms with Gasteiger partial charge in [-0.25, -0.2) is 9.97 Å². The van der Waals surface area contributed by atoms with Gasteiger partial charge in [0.05, 0.1) is 22.9 Å². The molecule has 0 aliphatic heterocycles. The van der Waals surface area contributed by atoms with E-state index in [4.69, 9.17) is 16.3 Å². The van der Waals surface area contributed by atoms with Crippen LogP contribution in [-0.4, -0.2) is 17.1 Å². The second-order valence-corrected chi connectivity index (χ2v) is 5.03. The number of fused-ring (bicyclic) bond motifs is 1. The fourth-order valence-electron chi connectivity index (χ4n) is 1.76. The number of benzene rings is 1. The Hall–Kier alpha value is -1.65. The maximum absolute atomic E-state index is 6.06. The summed E-state index contributed by atoms with van der Waals surface area (Å²) in [7, 11) is 1.65. The third-order valence-electron chi connectivity index (χ3n) is 2.60. The normalized spacial score (nSPS) is 10.8. The molecule has 18 heavy (non-hydrogen) atoms. The van der Waals surface area contributed by atoms with Gasteiger partial charge in [-0.15, -0.1) is 11.3 Å². The van der Waals surface area contributed by atoms with E-state index >= 15 is 0 Å². The molecule has 0 unspecified atom stereocenters. The molecular formula is C13H9ClN2OS. The van der Waals surface area contributed by atoms with E-state index in [1.165, 1.54) is 11.3 Å². The number of thiazole rings is 1. The number of hydrogen-bond acceptors (Lipinski definition) is 4. The Balaban J connectivity index is 2.23. The van der Waals surface area contributed by atoms with E-state index in [0.717, 1.165) is 26.5 Å². The van der Waals surface area contributed by atoms with Gasteiger partial charge in [0, 0.05) is 6.20 Å². The van der Waals surface area contributed by atoms with Crippen molar-refractivity contribution in [1.29, 1.82) is 0 Å². The van der Waals surface area contributed by atoms with Gasteiger partial charge >= 0.3 is 0 Å². The number of para-hydroxylation sites is 1. The molecule has 0 fully saturated rings. The lowest BCUT2D eigenvalue weighted by atomic mass is 10.2. The molecule has 0 bridgehead atoms. The fraction of sp³-hybridized carbons (Fsp3) is 0.0769. The van der Waals surface area contributed by atoms with E-state index < -0.39 is 0 Å². The first-order chi connectivity index (χ1) is 8.79. The van der Waals surface area contributed by atoms with Crippen LogP contribution >= 0.6 is 22.9 Å². The molecule has 2 heterocycles. The van der Waals surface area contributed by atoms with Crippen LogP contribution in [-0.2, 0) is 0 Å². The van der Waals surface area contributed by atoms with Crippen molar-refractivity contribution in [1.82, 2.24) is 9.97 Å². The van der Waals surface area contributed by atoms with Crippen LogP contribution in [0.3, 0.4) is 0 Å². The van der Waals surface area contributed by atoms with Crippen LogP contribution < -0.4 is 4.74 Å². The Bertz CT molecular complexity index is 711. The number of halogens is 1. The predicted molar refractivity (Wildman–Crippen MR) is 74.4 cm³/mol. The quantitative estimate of drug-likeness (QED) is 0.663. The first-order valence-corrected chi connectivity index (χ1v) is 6.53. The highest BCUT2D eigenvalue weighted by atomic mass is 35.5. The van der Waals surface area contributed by atoms with E-state index in [0.29, 0.717) is 5.15 Å². The predicted octanol–water partition coefficient (Wildman–Crippen LogP) is 4.02. The van der Waals surface area contributed by atoms with Gasteiger partial charge in [-0.1, -0.05) is 23.7 Å². The second kappa shape index (κ2) is 4.55. The van der Waals surface area contributed by atoms with Crippen LogP contribution in [0, 0.1) is 0 Å². The van der Waals surface area contributed by atoms with Gasteiger partial charge in [0.2, 0.25) is 0 Å². The maximum Gasteiger partial charge on any atom is 0.148 e. The van der Waals surface area contributed by atoms with Gasteiger partial charge in [-0.05, 0) is 18.2 Å². The molecule has 3 aromatic rings. The topological polar surface area (TPSA) is 35.0 Å². The maximum atomic E-state index is 6.06. The molecular weight excluding hydrogens is 268 g/mol. The fourth-order valence-corrected chi connectivity index (χ4v) is 3.00. The lowest BCUT2D eigenvalue weighted by molar-refractivity contribution is 0.416. The molecule has 3 rings (SSSR count). The molecule has 0 aliphatic rings. The number of hydrogen-bond donors (Lipinski definition) is 0. The van der Waals surface area contributed by atoms with Gasteiger partial charge in [0.25, 0.3) is 0 Å². The average Bonchev–Trinajstić information content (AvgIpc) is 2.84. The van der Waals surface area contributed by atoms with Gasteiger partial charge in [-0.3, -0.25) is 0 Å². The van der Waals surface area contributed by atoms with Crippen molar-refractivity contribution in [2.45, 2.75) is 0 Å². The highest BCUT2D eigenvalue weighted by Crippen LogP contribution is 2.37. The lowest BCUT2D eigenvalue weighted by Gasteiger charge is -2.04. The minimum Gasteiger partial charge on any atom is -0.496 e. The molecule has 0 aliphatic carbocycles. The summed E-state index contributed by atoms with van der Waals surface area (Å²) in [4.78, 5) is 8.63. The molecule has 0 saturated carbocycles. The molecule has 0 spiro atoms. The molecule has 0 saturated heterocycles. The SMILES string of the molecule is COc1ccccc1-c1nc2ccnc(Cl)c2s1. The molecule has 2 aromatic heterocycles. The second-order valence-electron chi connectivity index (χ2n) is 3.67. The highest BCUT2D eigenvalue weighted by Gasteiger charge is 2.12. The van der Waals surface area contributed by atoms with E-state index in [2.05, 4.69) is 9.97 Å². The Morgan fingerprint density at radius 1 is 1.22 bits per heavy atom. The lowest BCUT2D eigenvalue weighted by Crippen LogP contribution is -1.86. The van der Waals surface area contributed by atoms with Crippen molar-refractivity contribution >= 4 is 33.2 Å². The Morgan fingerprint density at radius 2 is 2.06 bits per heavy atom. The van der Waals surface area contributed by atoms with Crippen molar-refractivity contribution in [2.24, 2.45) is 0 Å². The number of ether oxygens (including phenoxy) is 1. The molecule has 0 radical (unpaired) electrons. The molecule has 5 heteroatoms. The van der Waals surface area contributed by atoms with Crippen LogP contribution in [0.2, 0.25) is 5.15 Å². The third kappa shape index (κ3) is 1.83. The molecule has 0 N–H and O–H groups in total. The van der Waals surface area contributed by atoms with Crippen molar-refractivity contribution < 1.29 is 4.74 Å². The largest absolute Gasteiger partial charge is 0.496 e. The summed E-state index contributed by atoms with van der Waals surface area (Å²) in [6.45, 7) is 0. The zero-order valence-corrected chi connectivity index (χ0v) is 11.1. The zero-order valence-electron chi connectivity index (χ0n) is 9.55. The third-order valence-corrected chi connectivity index (χ3v) is 4.11. The minimum atomic E-state index is 0.492. The Labute approximate surface area is 113 Å². The summed E-state index contributed by atoms with van der Waals surface area (Å²) < 4.78 is 6.25. The van der Waals surface area contributed by atoms with E-state index in [1.807, 2.05) is 30.3 Å². The van der Waals surface area contributed by atoms with Crippen molar-refractivity contribution in [3.63, 3.8) is 0 Å². The molecule has 90 valence electrons. The molecule has 0 atom stereocenters. The van der Waals surface area contributed by atoms with Crippen molar-refractivity contribution in [3.05, 3.63) is 41.7 Å². The van der Waals surface area contributed by atoms with Gasteiger partial charge in [0.15, 0.2) is 0 Å². The first kappa shape index (κ1) is 11.4. The van der Waals surface area contributed by atoms with Crippen molar-refractivity contribution in [3.8, 4) is 16.3 Å². The number of aromatic nitrogens is 2.